The Kier molecular flexibility index (Phi) is 4.66. The zero-order valence-electron chi connectivity index (χ0n) is 11.7. The minimum atomic E-state index is 0.473. The summed E-state index contributed by atoms with van der Waals surface area (Å²) < 4.78 is 0. The number of likely N-dealkylation sites (tertiary alicyclic amines) is 1. The third-order valence-electron chi connectivity index (χ3n) is 3.53. The van der Waals surface area contributed by atoms with Crippen LogP contribution in [0.25, 0.3) is 0 Å². The highest BCUT2D eigenvalue weighted by molar-refractivity contribution is 5.09. The Hall–Kier alpha value is -1.00. The molecule has 0 atom stereocenters. The van der Waals surface area contributed by atoms with Gasteiger partial charge in [0, 0.05) is 23.9 Å². The van der Waals surface area contributed by atoms with E-state index in [1.165, 1.54) is 31.6 Å². The van der Waals surface area contributed by atoms with Gasteiger partial charge in [0.25, 0.3) is 0 Å². The van der Waals surface area contributed by atoms with Crippen molar-refractivity contribution < 1.29 is 0 Å². The Labute approximate surface area is 110 Å². The fraction of sp³-hybridized carbons (Fsp3) is 0.714. The SMILES string of the molecule is CC(C)NCc1nccc(C2CCN(C)CC2)n1. The first kappa shape index (κ1) is 13.4. The molecule has 1 aliphatic heterocycles. The maximum absolute atomic E-state index is 4.70. The highest BCUT2D eigenvalue weighted by Crippen LogP contribution is 2.25. The first-order valence-electron chi connectivity index (χ1n) is 6.89. The summed E-state index contributed by atoms with van der Waals surface area (Å²) in [5, 5.41) is 3.37. The van der Waals surface area contributed by atoms with Crippen LogP contribution in [0.15, 0.2) is 12.3 Å². The van der Waals surface area contributed by atoms with Crippen LogP contribution < -0.4 is 5.32 Å². The Balaban J connectivity index is 1.98. The molecule has 2 heterocycles. The molecule has 4 heteroatoms. The van der Waals surface area contributed by atoms with Gasteiger partial charge in [0.05, 0.1) is 6.54 Å². The highest BCUT2D eigenvalue weighted by atomic mass is 15.1. The summed E-state index contributed by atoms with van der Waals surface area (Å²) in [6.45, 7) is 7.39. The van der Waals surface area contributed by atoms with Crippen LogP contribution in [0.3, 0.4) is 0 Å². The monoisotopic (exact) mass is 248 g/mol. The zero-order valence-corrected chi connectivity index (χ0v) is 11.7. The van der Waals surface area contributed by atoms with Gasteiger partial charge in [-0.15, -0.1) is 0 Å². The molecule has 0 unspecified atom stereocenters. The summed E-state index contributed by atoms with van der Waals surface area (Å²) in [6.07, 6.45) is 4.33. The number of nitrogens with zero attached hydrogens (tertiary/aromatic N) is 3. The van der Waals surface area contributed by atoms with E-state index in [9.17, 15) is 0 Å². The van der Waals surface area contributed by atoms with Crippen LogP contribution in [-0.2, 0) is 6.54 Å². The largest absolute Gasteiger partial charge is 0.308 e. The molecule has 1 aliphatic rings. The molecular weight excluding hydrogens is 224 g/mol. The van der Waals surface area contributed by atoms with Crippen molar-refractivity contribution in [2.45, 2.75) is 45.2 Å². The number of piperidine rings is 1. The summed E-state index contributed by atoms with van der Waals surface area (Å²) >= 11 is 0. The molecule has 0 aliphatic carbocycles. The molecule has 1 fully saturated rings. The molecular formula is C14H24N4. The molecule has 2 rings (SSSR count). The summed E-state index contributed by atoms with van der Waals surface area (Å²) in [4.78, 5) is 11.4. The molecule has 0 spiro atoms. The third kappa shape index (κ3) is 3.75. The van der Waals surface area contributed by atoms with Gasteiger partial charge in [0.15, 0.2) is 0 Å². The number of aromatic nitrogens is 2. The van der Waals surface area contributed by atoms with Crippen molar-refractivity contribution in [1.82, 2.24) is 20.2 Å². The predicted molar refractivity (Wildman–Crippen MR) is 73.5 cm³/mol. The van der Waals surface area contributed by atoms with Gasteiger partial charge in [-0.2, -0.15) is 0 Å². The second-order valence-electron chi connectivity index (χ2n) is 5.51. The smallest absolute Gasteiger partial charge is 0.142 e. The predicted octanol–water partition coefficient (Wildman–Crippen LogP) is 1.78. The van der Waals surface area contributed by atoms with Crippen LogP contribution in [0.4, 0.5) is 0 Å². The van der Waals surface area contributed by atoms with Crippen molar-refractivity contribution in [3.05, 3.63) is 23.8 Å². The summed E-state index contributed by atoms with van der Waals surface area (Å²) in [5.41, 5.74) is 1.22. The van der Waals surface area contributed by atoms with Crippen molar-refractivity contribution in [3.8, 4) is 0 Å². The second-order valence-corrected chi connectivity index (χ2v) is 5.51. The molecule has 0 bridgehead atoms. The lowest BCUT2D eigenvalue weighted by molar-refractivity contribution is 0.253. The van der Waals surface area contributed by atoms with Crippen LogP contribution >= 0.6 is 0 Å². The third-order valence-corrected chi connectivity index (χ3v) is 3.53. The molecule has 1 aromatic heterocycles. The summed E-state index contributed by atoms with van der Waals surface area (Å²) in [7, 11) is 2.19. The quantitative estimate of drug-likeness (QED) is 0.882. The summed E-state index contributed by atoms with van der Waals surface area (Å²) in [5.74, 6) is 1.53. The van der Waals surface area contributed by atoms with Gasteiger partial charge in [-0.05, 0) is 39.0 Å². The lowest BCUT2D eigenvalue weighted by Crippen LogP contribution is -2.30. The fourth-order valence-electron chi connectivity index (χ4n) is 2.33. The molecule has 1 aromatic rings. The average Bonchev–Trinajstić information content (AvgIpc) is 2.37. The highest BCUT2D eigenvalue weighted by Gasteiger charge is 2.19. The van der Waals surface area contributed by atoms with Gasteiger partial charge in [-0.1, -0.05) is 13.8 Å². The van der Waals surface area contributed by atoms with E-state index in [0.717, 1.165) is 12.4 Å². The van der Waals surface area contributed by atoms with E-state index in [-0.39, 0.29) is 0 Å². The molecule has 0 saturated carbocycles. The first-order valence-corrected chi connectivity index (χ1v) is 6.89. The van der Waals surface area contributed by atoms with E-state index in [0.29, 0.717) is 12.0 Å². The Bertz CT molecular complexity index is 370. The normalized spacial score (nSPS) is 18.4. The van der Waals surface area contributed by atoms with E-state index in [4.69, 9.17) is 4.98 Å². The zero-order chi connectivity index (χ0) is 13.0. The fourth-order valence-corrected chi connectivity index (χ4v) is 2.33. The maximum atomic E-state index is 4.70. The molecule has 0 radical (unpaired) electrons. The molecule has 1 N–H and O–H groups in total. The van der Waals surface area contributed by atoms with Crippen molar-refractivity contribution >= 4 is 0 Å². The van der Waals surface area contributed by atoms with Crippen molar-refractivity contribution in [1.29, 1.82) is 0 Å². The average molecular weight is 248 g/mol. The number of hydrogen-bond acceptors (Lipinski definition) is 4. The van der Waals surface area contributed by atoms with Gasteiger partial charge < -0.3 is 10.2 Å². The van der Waals surface area contributed by atoms with Gasteiger partial charge >= 0.3 is 0 Å². The number of nitrogens with one attached hydrogen (secondary N) is 1. The minimum absolute atomic E-state index is 0.473. The molecule has 4 nitrogen and oxygen atoms in total. The van der Waals surface area contributed by atoms with Crippen LogP contribution in [-0.4, -0.2) is 41.0 Å². The summed E-state index contributed by atoms with van der Waals surface area (Å²) in [6, 6.07) is 2.55. The minimum Gasteiger partial charge on any atom is -0.308 e. The van der Waals surface area contributed by atoms with Gasteiger partial charge in [-0.3, -0.25) is 0 Å². The first-order chi connectivity index (χ1) is 8.65. The molecule has 0 aromatic carbocycles. The van der Waals surface area contributed by atoms with E-state index in [1.807, 2.05) is 6.20 Å². The Morgan fingerprint density at radius 1 is 1.39 bits per heavy atom. The lowest BCUT2D eigenvalue weighted by Gasteiger charge is -2.28. The Morgan fingerprint density at radius 3 is 2.78 bits per heavy atom. The van der Waals surface area contributed by atoms with Crippen molar-refractivity contribution in [2.75, 3.05) is 20.1 Å². The van der Waals surface area contributed by atoms with Gasteiger partial charge in [0.1, 0.15) is 5.82 Å². The molecule has 0 amide bonds. The van der Waals surface area contributed by atoms with Crippen LogP contribution in [0, 0.1) is 0 Å². The lowest BCUT2D eigenvalue weighted by atomic mass is 9.93. The van der Waals surface area contributed by atoms with Gasteiger partial charge in [-0.25, -0.2) is 9.97 Å². The molecule has 100 valence electrons. The van der Waals surface area contributed by atoms with E-state index in [1.54, 1.807) is 0 Å². The maximum Gasteiger partial charge on any atom is 0.142 e. The van der Waals surface area contributed by atoms with E-state index >= 15 is 0 Å². The van der Waals surface area contributed by atoms with Crippen LogP contribution in [0.5, 0.6) is 0 Å². The van der Waals surface area contributed by atoms with Crippen LogP contribution in [0.1, 0.15) is 44.1 Å². The molecule has 1 saturated heterocycles. The molecule has 18 heavy (non-hydrogen) atoms. The number of rotatable bonds is 4. The second kappa shape index (κ2) is 6.25. The van der Waals surface area contributed by atoms with Crippen molar-refractivity contribution in [3.63, 3.8) is 0 Å². The van der Waals surface area contributed by atoms with Gasteiger partial charge in [0.2, 0.25) is 0 Å². The van der Waals surface area contributed by atoms with E-state index < -0.39 is 0 Å². The van der Waals surface area contributed by atoms with Crippen molar-refractivity contribution in [2.24, 2.45) is 0 Å². The Morgan fingerprint density at radius 2 is 2.11 bits per heavy atom. The standard InChI is InChI=1S/C14H24N4/c1-11(2)16-10-14-15-7-4-13(17-14)12-5-8-18(3)9-6-12/h4,7,11-12,16H,5-6,8-10H2,1-3H3. The van der Waals surface area contributed by atoms with E-state index in [2.05, 4.69) is 42.2 Å². The number of hydrogen-bond donors (Lipinski definition) is 1. The topological polar surface area (TPSA) is 41.1 Å². The van der Waals surface area contributed by atoms with Crippen LogP contribution in [0.2, 0.25) is 0 Å².